The zero-order chi connectivity index (χ0) is 13.0. The fourth-order valence-corrected chi connectivity index (χ4v) is 1.51. The number of aromatic nitrogens is 3. The minimum Gasteiger partial charge on any atom is -0.347 e. The van der Waals surface area contributed by atoms with Crippen molar-refractivity contribution < 1.29 is 9.59 Å². The van der Waals surface area contributed by atoms with Gasteiger partial charge in [0, 0.05) is 18.4 Å². The zero-order valence-corrected chi connectivity index (χ0v) is 9.80. The standard InChI is InChI=1S/C12H12N4O2/c1-8-9(2-3-10(7-17)15-8)6-13-12(18)11-4-5-14-16-11/h2-5,7H,6H2,1H3,(H,13,18)(H,14,16). The molecule has 92 valence electrons. The maximum Gasteiger partial charge on any atom is 0.269 e. The molecule has 0 radical (unpaired) electrons. The Hall–Kier alpha value is -2.50. The molecule has 0 spiro atoms. The van der Waals surface area contributed by atoms with Gasteiger partial charge in [-0.15, -0.1) is 0 Å². The highest BCUT2D eigenvalue weighted by atomic mass is 16.1. The number of nitrogens with zero attached hydrogens (tertiary/aromatic N) is 2. The minimum absolute atomic E-state index is 0.230. The first-order valence-corrected chi connectivity index (χ1v) is 5.40. The summed E-state index contributed by atoms with van der Waals surface area (Å²) in [5, 5.41) is 9.02. The summed E-state index contributed by atoms with van der Waals surface area (Å²) in [5.41, 5.74) is 2.39. The number of carbonyl (C=O) groups excluding carboxylic acids is 2. The summed E-state index contributed by atoms with van der Waals surface area (Å²) in [4.78, 5) is 26.3. The SMILES string of the molecule is Cc1nc(C=O)ccc1CNC(=O)c1ccn[nH]1. The van der Waals surface area contributed by atoms with Gasteiger partial charge < -0.3 is 5.32 Å². The highest BCUT2D eigenvalue weighted by Gasteiger charge is 2.07. The molecule has 2 aromatic rings. The lowest BCUT2D eigenvalue weighted by molar-refractivity contribution is 0.0945. The molecule has 6 nitrogen and oxygen atoms in total. The lowest BCUT2D eigenvalue weighted by Gasteiger charge is -2.06. The van der Waals surface area contributed by atoms with E-state index >= 15 is 0 Å². The number of amides is 1. The third kappa shape index (κ3) is 2.60. The number of nitrogens with one attached hydrogen (secondary N) is 2. The lowest BCUT2D eigenvalue weighted by Crippen LogP contribution is -2.23. The van der Waals surface area contributed by atoms with E-state index in [0.29, 0.717) is 24.2 Å². The van der Waals surface area contributed by atoms with Crippen molar-refractivity contribution in [2.45, 2.75) is 13.5 Å². The monoisotopic (exact) mass is 244 g/mol. The van der Waals surface area contributed by atoms with Gasteiger partial charge in [0.15, 0.2) is 6.29 Å². The number of carbonyl (C=O) groups is 2. The van der Waals surface area contributed by atoms with E-state index in [1.807, 2.05) is 0 Å². The van der Waals surface area contributed by atoms with Crippen LogP contribution in [0.1, 0.15) is 32.2 Å². The maximum absolute atomic E-state index is 11.7. The van der Waals surface area contributed by atoms with Crippen molar-refractivity contribution in [2.24, 2.45) is 0 Å². The Morgan fingerprint density at radius 2 is 2.28 bits per heavy atom. The smallest absolute Gasteiger partial charge is 0.269 e. The van der Waals surface area contributed by atoms with E-state index in [-0.39, 0.29) is 5.91 Å². The number of hydrogen-bond donors (Lipinski definition) is 2. The molecule has 6 heteroatoms. The second kappa shape index (κ2) is 5.22. The van der Waals surface area contributed by atoms with E-state index in [1.54, 1.807) is 25.1 Å². The number of aldehydes is 1. The molecule has 2 heterocycles. The average molecular weight is 244 g/mol. The molecular weight excluding hydrogens is 232 g/mol. The predicted octanol–water partition coefficient (Wildman–Crippen LogP) is 0.856. The number of hydrogen-bond acceptors (Lipinski definition) is 4. The summed E-state index contributed by atoms with van der Waals surface area (Å²) in [7, 11) is 0. The highest BCUT2D eigenvalue weighted by molar-refractivity contribution is 5.92. The van der Waals surface area contributed by atoms with Crippen LogP contribution in [0.5, 0.6) is 0 Å². The van der Waals surface area contributed by atoms with Crippen LogP contribution in [0.25, 0.3) is 0 Å². The van der Waals surface area contributed by atoms with Crippen LogP contribution in [-0.2, 0) is 6.54 Å². The summed E-state index contributed by atoms with van der Waals surface area (Å²) in [6.07, 6.45) is 2.21. The van der Waals surface area contributed by atoms with Gasteiger partial charge >= 0.3 is 0 Å². The summed E-state index contributed by atoms with van der Waals surface area (Å²) < 4.78 is 0. The minimum atomic E-state index is -0.230. The first-order valence-electron chi connectivity index (χ1n) is 5.40. The Bertz CT molecular complexity index is 563. The fourth-order valence-electron chi connectivity index (χ4n) is 1.51. The van der Waals surface area contributed by atoms with Crippen LogP contribution in [0, 0.1) is 6.92 Å². The predicted molar refractivity (Wildman–Crippen MR) is 64.1 cm³/mol. The second-order valence-electron chi connectivity index (χ2n) is 3.75. The van der Waals surface area contributed by atoms with Crippen molar-refractivity contribution in [3.63, 3.8) is 0 Å². The summed E-state index contributed by atoms with van der Waals surface area (Å²) in [6, 6.07) is 4.99. The summed E-state index contributed by atoms with van der Waals surface area (Å²) in [6.45, 7) is 2.15. The lowest BCUT2D eigenvalue weighted by atomic mass is 10.2. The van der Waals surface area contributed by atoms with Crippen LogP contribution < -0.4 is 5.32 Å². The summed E-state index contributed by atoms with van der Waals surface area (Å²) in [5.74, 6) is -0.230. The largest absolute Gasteiger partial charge is 0.347 e. The van der Waals surface area contributed by atoms with Gasteiger partial charge in [-0.1, -0.05) is 6.07 Å². The van der Waals surface area contributed by atoms with E-state index in [1.165, 1.54) is 6.20 Å². The molecule has 0 unspecified atom stereocenters. The van der Waals surface area contributed by atoms with Gasteiger partial charge in [0.1, 0.15) is 11.4 Å². The van der Waals surface area contributed by atoms with Crippen LogP contribution in [0.3, 0.4) is 0 Å². The number of rotatable bonds is 4. The van der Waals surface area contributed by atoms with Crippen LogP contribution in [-0.4, -0.2) is 27.4 Å². The molecule has 1 amide bonds. The maximum atomic E-state index is 11.7. The normalized spacial score (nSPS) is 10.1. The molecule has 0 saturated carbocycles. The van der Waals surface area contributed by atoms with Gasteiger partial charge in [0.2, 0.25) is 0 Å². The van der Waals surface area contributed by atoms with Gasteiger partial charge in [-0.25, -0.2) is 4.98 Å². The molecule has 0 aliphatic rings. The molecule has 0 aliphatic carbocycles. The van der Waals surface area contributed by atoms with Crippen LogP contribution in [0.4, 0.5) is 0 Å². The zero-order valence-electron chi connectivity index (χ0n) is 9.80. The molecule has 2 rings (SSSR count). The van der Waals surface area contributed by atoms with Crippen molar-refractivity contribution in [2.75, 3.05) is 0 Å². The molecule has 2 aromatic heterocycles. The van der Waals surface area contributed by atoms with Gasteiger partial charge in [0.25, 0.3) is 5.91 Å². The number of pyridine rings is 1. The van der Waals surface area contributed by atoms with Crippen molar-refractivity contribution in [1.82, 2.24) is 20.5 Å². The molecular formula is C12H12N4O2. The molecule has 0 aliphatic heterocycles. The first kappa shape index (κ1) is 12.0. The topological polar surface area (TPSA) is 87.7 Å². The van der Waals surface area contributed by atoms with Crippen molar-refractivity contribution in [3.05, 3.63) is 47.0 Å². The second-order valence-corrected chi connectivity index (χ2v) is 3.75. The molecule has 2 N–H and O–H groups in total. The van der Waals surface area contributed by atoms with Crippen molar-refractivity contribution in [1.29, 1.82) is 0 Å². The Labute approximate surface area is 103 Å². The molecule has 0 aromatic carbocycles. The quantitative estimate of drug-likeness (QED) is 0.781. The van der Waals surface area contributed by atoms with Gasteiger partial charge in [-0.2, -0.15) is 5.10 Å². The Morgan fingerprint density at radius 1 is 1.44 bits per heavy atom. The summed E-state index contributed by atoms with van der Waals surface area (Å²) >= 11 is 0. The third-order valence-corrected chi connectivity index (χ3v) is 2.52. The number of aryl methyl sites for hydroxylation is 1. The molecule has 0 bridgehead atoms. The third-order valence-electron chi connectivity index (χ3n) is 2.52. The van der Waals surface area contributed by atoms with Crippen LogP contribution in [0.15, 0.2) is 24.4 Å². The van der Waals surface area contributed by atoms with Crippen molar-refractivity contribution in [3.8, 4) is 0 Å². The number of aromatic amines is 1. The molecule has 0 saturated heterocycles. The number of H-pyrrole nitrogens is 1. The molecule has 0 fully saturated rings. The highest BCUT2D eigenvalue weighted by Crippen LogP contribution is 2.06. The molecule has 18 heavy (non-hydrogen) atoms. The Morgan fingerprint density at radius 3 is 2.89 bits per heavy atom. The van der Waals surface area contributed by atoms with E-state index in [2.05, 4.69) is 20.5 Å². The van der Waals surface area contributed by atoms with Crippen LogP contribution in [0.2, 0.25) is 0 Å². The van der Waals surface area contributed by atoms with E-state index in [4.69, 9.17) is 0 Å². The van der Waals surface area contributed by atoms with Crippen LogP contribution >= 0.6 is 0 Å². The first-order chi connectivity index (χ1) is 8.70. The fraction of sp³-hybridized carbons (Fsp3) is 0.167. The van der Waals surface area contributed by atoms with Gasteiger partial charge in [0.05, 0.1) is 0 Å². The average Bonchev–Trinajstić information content (AvgIpc) is 2.90. The molecule has 0 atom stereocenters. The Balaban J connectivity index is 2.02. The van der Waals surface area contributed by atoms with E-state index in [0.717, 1.165) is 11.3 Å². The van der Waals surface area contributed by atoms with Crippen molar-refractivity contribution >= 4 is 12.2 Å². The van der Waals surface area contributed by atoms with Gasteiger partial charge in [-0.05, 0) is 24.6 Å². The van der Waals surface area contributed by atoms with E-state index in [9.17, 15) is 9.59 Å². The van der Waals surface area contributed by atoms with E-state index < -0.39 is 0 Å². The van der Waals surface area contributed by atoms with Gasteiger partial charge in [-0.3, -0.25) is 14.7 Å². The Kier molecular flexibility index (Phi) is 3.47.